The average Bonchev–Trinajstić information content (AvgIpc) is 2.62. The van der Waals surface area contributed by atoms with E-state index in [2.05, 4.69) is 26.2 Å². The van der Waals surface area contributed by atoms with Crippen molar-refractivity contribution in [3.8, 4) is 0 Å². The lowest BCUT2D eigenvalue weighted by molar-refractivity contribution is 0.102. The molecule has 0 radical (unpaired) electrons. The van der Waals surface area contributed by atoms with E-state index in [9.17, 15) is 13.6 Å². The van der Waals surface area contributed by atoms with E-state index >= 15 is 0 Å². The minimum absolute atomic E-state index is 0.0186. The molecule has 0 N–H and O–H groups in total. The minimum atomic E-state index is -0.928. The first-order valence-electron chi connectivity index (χ1n) is 4.54. The Morgan fingerprint density at radius 3 is 2.41 bits per heavy atom. The van der Waals surface area contributed by atoms with Crippen molar-refractivity contribution in [2.24, 2.45) is 7.05 Å². The van der Waals surface area contributed by atoms with Gasteiger partial charge in [0.15, 0.2) is 0 Å². The van der Waals surface area contributed by atoms with Gasteiger partial charge in [-0.3, -0.25) is 4.79 Å². The van der Waals surface area contributed by atoms with Crippen molar-refractivity contribution in [1.29, 1.82) is 0 Å². The SMILES string of the molecule is Cn1nncc1C(=O)c1c(F)cc(Br)cc1F. The molecular weight excluding hydrogens is 296 g/mol. The molecule has 17 heavy (non-hydrogen) atoms. The van der Waals surface area contributed by atoms with E-state index in [1.165, 1.54) is 7.05 Å². The second-order valence-corrected chi connectivity index (χ2v) is 4.23. The summed E-state index contributed by atoms with van der Waals surface area (Å²) in [5, 5.41) is 7.01. The molecule has 2 aromatic rings. The predicted molar refractivity (Wildman–Crippen MR) is 58.5 cm³/mol. The van der Waals surface area contributed by atoms with Crippen molar-refractivity contribution < 1.29 is 13.6 Å². The lowest BCUT2D eigenvalue weighted by Crippen LogP contribution is -2.12. The number of rotatable bonds is 2. The fourth-order valence-corrected chi connectivity index (χ4v) is 1.78. The van der Waals surface area contributed by atoms with Gasteiger partial charge < -0.3 is 0 Å². The number of ketones is 1. The Morgan fingerprint density at radius 1 is 1.35 bits per heavy atom. The summed E-state index contributed by atoms with van der Waals surface area (Å²) in [5.74, 6) is -2.65. The Bertz CT molecular complexity index is 574. The summed E-state index contributed by atoms with van der Waals surface area (Å²) >= 11 is 2.94. The third-order valence-electron chi connectivity index (χ3n) is 2.18. The van der Waals surface area contributed by atoms with Crippen LogP contribution in [-0.2, 0) is 7.05 Å². The summed E-state index contributed by atoms with van der Waals surface area (Å²) in [6.45, 7) is 0. The first-order valence-corrected chi connectivity index (χ1v) is 5.34. The lowest BCUT2D eigenvalue weighted by atomic mass is 10.1. The van der Waals surface area contributed by atoms with Gasteiger partial charge in [-0.05, 0) is 12.1 Å². The van der Waals surface area contributed by atoms with E-state index in [1.54, 1.807) is 0 Å². The van der Waals surface area contributed by atoms with Crippen molar-refractivity contribution >= 4 is 21.7 Å². The summed E-state index contributed by atoms with van der Waals surface area (Å²) in [5.41, 5.74) is -0.594. The van der Waals surface area contributed by atoms with Crippen LogP contribution in [0.5, 0.6) is 0 Å². The van der Waals surface area contributed by atoms with Crippen LogP contribution in [0.25, 0.3) is 0 Å². The fourth-order valence-electron chi connectivity index (χ4n) is 1.38. The van der Waals surface area contributed by atoms with Gasteiger partial charge in [-0.25, -0.2) is 13.5 Å². The minimum Gasteiger partial charge on any atom is -0.287 e. The zero-order valence-corrected chi connectivity index (χ0v) is 10.2. The van der Waals surface area contributed by atoms with Crippen molar-refractivity contribution in [3.63, 3.8) is 0 Å². The number of nitrogens with zero attached hydrogens (tertiary/aromatic N) is 3. The topological polar surface area (TPSA) is 47.8 Å². The van der Waals surface area contributed by atoms with Gasteiger partial charge in [0.05, 0.1) is 11.8 Å². The van der Waals surface area contributed by atoms with Gasteiger partial charge in [0.1, 0.15) is 17.3 Å². The smallest absolute Gasteiger partial charge is 0.218 e. The third-order valence-corrected chi connectivity index (χ3v) is 2.64. The molecular formula is C10H6BrF2N3O. The van der Waals surface area contributed by atoms with Crippen LogP contribution in [0.3, 0.4) is 0 Å². The van der Waals surface area contributed by atoms with E-state index in [-0.39, 0.29) is 10.2 Å². The van der Waals surface area contributed by atoms with Crippen LogP contribution in [0, 0.1) is 11.6 Å². The lowest BCUT2D eigenvalue weighted by Gasteiger charge is -2.04. The van der Waals surface area contributed by atoms with Crippen molar-refractivity contribution in [2.75, 3.05) is 0 Å². The number of hydrogen-bond donors (Lipinski definition) is 0. The van der Waals surface area contributed by atoms with Crippen molar-refractivity contribution in [3.05, 3.63) is 45.7 Å². The summed E-state index contributed by atoms with van der Waals surface area (Å²) in [6, 6.07) is 2.06. The molecule has 7 heteroatoms. The number of carbonyl (C=O) groups excluding carboxylic acids is 1. The Morgan fingerprint density at radius 2 is 1.94 bits per heavy atom. The summed E-state index contributed by atoms with van der Waals surface area (Å²) in [7, 11) is 1.47. The van der Waals surface area contributed by atoms with E-state index in [1.807, 2.05) is 0 Å². The van der Waals surface area contributed by atoms with Gasteiger partial charge >= 0.3 is 0 Å². The van der Waals surface area contributed by atoms with Crippen LogP contribution < -0.4 is 0 Å². The molecule has 0 bridgehead atoms. The Labute approximate surface area is 103 Å². The molecule has 0 saturated heterocycles. The molecule has 0 saturated carbocycles. The molecule has 0 atom stereocenters. The standard InChI is InChI=1S/C10H6BrF2N3O/c1-16-8(4-14-15-16)10(17)9-6(12)2-5(11)3-7(9)13/h2-4H,1H3. The molecule has 1 aromatic carbocycles. The fraction of sp³-hybridized carbons (Fsp3) is 0.100. The van der Waals surface area contributed by atoms with Gasteiger partial charge in [0, 0.05) is 11.5 Å². The Kier molecular flexibility index (Phi) is 3.01. The number of benzene rings is 1. The van der Waals surface area contributed by atoms with Crippen LogP contribution in [0.2, 0.25) is 0 Å². The molecule has 0 aliphatic carbocycles. The average molecular weight is 302 g/mol. The molecule has 2 rings (SSSR count). The summed E-state index contributed by atoms with van der Waals surface area (Å²) < 4.78 is 28.5. The highest BCUT2D eigenvalue weighted by molar-refractivity contribution is 9.10. The van der Waals surface area contributed by atoms with Crippen LogP contribution in [0.1, 0.15) is 16.1 Å². The molecule has 0 aliphatic heterocycles. The molecule has 1 aromatic heterocycles. The normalized spacial score (nSPS) is 10.6. The molecule has 0 aliphatic rings. The van der Waals surface area contributed by atoms with Crippen molar-refractivity contribution in [1.82, 2.24) is 15.0 Å². The number of carbonyl (C=O) groups is 1. The molecule has 0 unspecified atom stereocenters. The summed E-state index contributed by atoms with van der Waals surface area (Å²) in [4.78, 5) is 11.9. The zero-order chi connectivity index (χ0) is 12.6. The summed E-state index contributed by atoms with van der Waals surface area (Å²) in [6.07, 6.45) is 1.16. The van der Waals surface area contributed by atoms with Crippen LogP contribution in [0.4, 0.5) is 8.78 Å². The van der Waals surface area contributed by atoms with Gasteiger partial charge in [-0.15, -0.1) is 5.10 Å². The highest BCUT2D eigenvalue weighted by atomic mass is 79.9. The number of aryl methyl sites for hydroxylation is 1. The quantitative estimate of drug-likeness (QED) is 0.798. The first kappa shape index (κ1) is 11.8. The van der Waals surface area contributed by atoms with Gasteiger partial charge in [-0.1, -0.05) is 21.1 Å². The molecule has 0 spiro atoms. The monoisotopic (exact) mass is 301 g/mol. The largest absolute Gasteiger partial charge is 0.287 e. The molecule has 0 amide bonds. The van der Waals surface area contributed by atoms with E-state index in [4.69, 9.17) is 0 Å². The van der Waals surface area contributed by atoms with Crippen LogP contribution in [0.15, 0.2) is 22.8 Å². The molecule has 1 heterocycles. The molecule has 88 valence electrons. The maximum absolute atomic E-state index is 13.5. The maximum Gasteiger partial charge on any atom is 0.218 e. The number of halogens is 3. The molecule has 4 nitrogen and oxygen atoms in total. The van der Waals surface area contributed by atoms with Crippen molar-refractivity contribution in [2.45, 2.75) is 0 Å². The Hall–Kier alpha value is -1.63. The van der Waals surface area contributed by atoms with E-state index < -0.39 is 23.0 Å². The number of hydrogen-bond acceptors (Lipinski definition) is 3. The zero-order valence-electron chi connectivity index (χ0n) is 8.62. The van der Waals surface area contributed by atoms with Gasteiger partial charge in [-0.2, -0.15) is 0 Å². The second-order valence-electron chi connectivity index (χ2n) is 3.32. The van der Waals surface area contributed by atoms with E-state index in [0.717, 1.165) is 23.0 Å². The number of aromatic nitrogens is 3. The third kappa shape index (κ3) is 2.10. The van der Waals surface area contributed by atoms with Crippen LogP contribution >= 0.6 is 15.9 Å². The Balaban J connectivity index is 2.56. The highest BCUT2D eigenvalue weighted by Gasteiger charge is 2.22. The van der Waals surface area contributed by atoms with E-state index in [0.29, 0.717) is 0 Å². The second kappa shape index (κ2) is 4.33. The highest BCUT2D eigenvalue weighted by Crippen LogP contribution is 2.21. The molecule has 0 fully saturated rings. The first-order chi connectivity index (χ1) is 8.00. The maximum atomic E-state index is 13.5. The van der Waals surface area contributed by atoms with Gasteiger partial charge in [0.2, 0.25) is 5.78 Å². The van der Waals surface area contributed by atoms with Gasteiger partial charge in [0.25, 0.3) is 0 Å². The van der Waals surface area contributed by atoms with Crippen LogP contribution in [-0.4, -0.2) is 20.8 Å². The predicted octanol–water partition coefficient (Wildman–Crippen LogP) is 2.09.